The topological polar surface area (TPSA) is 72.8 Å². The van der Waals surface area contributed by atoms with E-state index in [-0.39, 0.29) is 25.2 Å². The number of ether oxygens (including phenoxy) is 2. The van der Waals surface area contributed by atoms with Gasteiger partial charge in [0.2, 0.25) is 0 Å². The second-order valence-corrected chi connectivity index (χ2v) is 2.29. The Bertz CT molecular complexity index is 209. The molecule has 0 amide bonds. The molecule has 0 aliphatic heterocycles. The molecule has 13 heavy (non-hydrogen) atoms. The fourth-order valence-electron chi connectivity index (χ4n) is 0.601. The maximum Gasteiger partial charge on any atom is 0.333 e. The van der Waals surface area contributed by atoms with Crippen molar-refractivity contribution in [1.82, 2.24) is 0 Å². The van der Waals surface area contributed by atoms with Gasteiger partial charge in [-0.3, -0.25) is 0 Å². The molecule has 0 aromatic heterocycles. The first-order valence-corrected chi connectivity index (χ1v) is 3.63. The van der Waals surface area contributed by atoms with Gasteiger partial charge in [0.25, 0.3) is 0 Å². The van der Waals surface area contributed by atoms with Crippen molar-refractivity contribution in [2.24, 2.45) is 0 Å². The number of hydrogen-bond donors (Lipinski definition) is 1. The van der Waals surface area contributed by atoms with E-state index >= 15 is 0 Å². The van der Waals surface area contributed by atoms with Crippen LogP contribution in [0.1, 0.15) is 6.42 Å². The van der Waals surface area contributed by atoms with E-state index < -0.39 is 11.9 Å². The van der Waals surface area contributed by atoms with E-state index in [9.17, 15) is 9.59 Å². The molecule has 0 rings (SSSR count). The number of aliphatic carboxylic acids is 1. The van der Waals surface area contributed by atoms with Crippen LogP contribution < -0.4 is 0 Å². The predicted octanol–water partition coefficient (Wildman–Crippen LogP) is 0.207. The molecule has 1 N–H and O–H groups in total. The minimum absolute atomic E-state index is 0.153. The van der Waals surface area contributed by atoms with Gasteiger partial charge >= 0.3 is 11.9 Å². The van der Waals surface area contributed by atoms with Gasteiger partial charge in [-0.15, -0.1) is 0 Å². The van der Waals surface area contributed by atoms with Crippen LogP contribution in [0.3, 0.4) is 0 Å². The summed E-state index contributed by atoms with van der Waals surface area (Å²) in [6.45, 7) is 3.23. The number of hydrogen-bond acceptors (Lipinski definition) is 4. The molecule has 0 bridgehead atoms. The number of carboxylic acids is 1. The molecule has 0 radical (unpaired) electrons. The summed E-state index contributed by atoms with van der Waals surface area (Å²) < 4.78 is 9.07. The molecule has 0 unspecified atom stereocenters. The van der Waals surface area contributed by atoms with Crippen molar-refractivity contribution >= 4 is 11.9 Å². The first-order valence-electron chi connectivity index (χ1n) is 3.63. The average Bonchev–Trinajstić information content (AvgIpc) is 2.10. The standard InChI is InChI=1S/C8H12O5/c1-6(8(11)12-2)3-4-13-5-7(9)10/h1,3-5H2,2H3,(H,9,10). The minimum Gasteiger partial charge on any atom is -0.480 e. The number of carboxylic acid groups (broad SMARTS) is 1. The van der Waals surface area contributed by atoms with Gasteiger partial charge in [-0.05, 0) is 0 Å². The number of esters is 1. The highest BCUT2D eigenvalue weighted by atomic mass is 16.5. The molecule has 5 nitrogen and oxygen atoms in total. The largest absolute Gasteiger partial charge is 0.480 e. The lowest BCUT2D eigenvalue weighted by Gasteiger charge is -2.02. The van der Waals surface area contributed by atoms with Crippen LogP contribution in [0, 0.1) is 0 Å². The first-order chi connectivity index (χ1) is 6.07. The van der Waals surface area contributed by atoms with Crippen LogP contribution in [0.15, 0.2) is 12.2 Å². The molecule has 0 saturated heterocycles. The number of rotatable bonds is 6. The molecule has 0 spiro atoms. The highest BCUT2D eigenvalue weighted by Crippen LogP contribution is 2.00. The zero-order valence-electron chi connectivity index (χ0n) is 7.41. The van der Waals surface area contributed by atoms with Crippen molar-refractivity contribution < 1.29 is 24.2 Å². The Morgan fingerprint density at radius 1 is 1.46 bits per heavy atom. The van der Waals surface area contributed by atoms with Crippen molar-refractivity contribution in [2.45, 2.75) is 6.42 Å². The van der Waals surface area contributed by atoms with Crippen molar-refractivity contribution in [3.63, 3.8) is 0 Å². The van der Waals surface area contributed by atoms with E-state index in [1.54, 1.807) is 0 Å². The molecule has 74 valence electrons. The molecule has 0 saturated carbocycles. The van der Waals surface area contributed by atoms with Crippen molar-refractivity contribution in [2.75, 3.05) is 20.3 Å². The molecule has 0 aliphatic carbocycles. The Labute approximate surface area is 75.9 Å². The zero-order chi connectivity index (χ0) is 10.3. The van der Waals surface area contributed by atoms with E-state index in [1.165, 1.54) is 7.11 Å². The third kappa shape index (κ3) is 5.86. The Hall–Kier alpha value is -1.36. The van der Waals surface area contributed by atoms with Gasteiger partial charge in [0, 0.05) is 12.0 Å². The summed E-state index contributed by atoms with van der Waals surface area (Å²) in [7, 11) is 1.26. The normalized spacial score (nSPS) is 9.31. The van der Waals surface area contributed by atoms with Gasteiger partial charge in [0.05, 0.1) is 13.7 Å². The van der Waals surface area contributed by atoms with Gasteiger partial charge in [0.15, 0.2) is 0 Å². The molecule has 0 atom stereocenters. The summed E-state index contributed by atoms with van der Waals surface area (Å²) in [6, 6.07) is 0. The van der Waals surface area contributed by atoms with E-state index in [1.807, 2.05) is 0 Å². The first kappa shape index (κ1) is 11.6. The third-order valence-electron chi connectivity index (χ3n) is 1.25. The molecule has 0 aromatic carbocycles. The quantitative estimate of drug-likeness (QED) is 0.366. The highest BCUT2D eigenvalue weighted by Gasteiger charge is 2.06. The minimum atomic E-state index is -1.04. The van der Waals surface area contributed by atoms with Crippen LogP contribution in [0.25, 0.3) is 0 Å². The van der Waals surface area contributed by atoms with Crippen LogP contribution in [0.4, 0.5) is 0 Å². The zero-order valence-corrected chi connectivity index (χ0v) is 7.41. The van der Waals surface area contributed by atoms with Crippen LogP contribution >= 0.6 is 0 Å². The summed E-state index contributed by atoms with van der Waals surface area (Å²) in [5.41, 5.74) is 0.271. The summed E-state index contributed by atoms with van der Waals surface area (Å²) in [4.78, 5) is 20.7. The van der Waals surface area contributed by atoms with E-state index in [0.717, 1.165) is 0 Å². The van der Waals surface area contributed by atoms with Gasteiger partial charge in [0.1, 0.15) is 6.61 Å². The molecule has 0 aliphatic rings. The molecular weight excluding hydrogens is 176 g/mol. The van der Waals surface area contributed by atoms with Crippen molar-refractivity contribution in [3.8, 4) is 0 Å². The lowest BCUT2D eigenvalue weighted by atomic mass is 10.2. The van der Waals surface area contributed by atoms with Gasteiger partial charge in [-0.25, -0.2) is 9.59 Å². The SMILES string of the molecule is C=C(CCOCC(=O)O)C(=O)OC. The summed E-state index contributed by atoms with van der Waals surface area (Å²) in [5.74, 6) is -1.54. The maximum atomic E-state index is 10.7. The number of carbonyl (C=O) groups excluding carboxylic acids is 1. The summed E-state index contributed by atoms with van der Waals surface area (Å²) >= 11 is 0. The molecule has 0 aromatic rings. The van der Waals surface area contributed by atoms with Crippen molar-refractivity contribution in [1.29, 1.82) is 0 Å². The van der Waals surface area contributed by atoms with Crippen LogP contribution in [-0.2, 0) is 19.1 Å². The Balaban J connectivity index is 3.48. The van der Waals surface area contributed by atoms with Crippen LogP contribution in [-0.4, -0.2) is 37.4 Å². The maximum absolute atomic E-state index is 10.7. The number of methoxy groups -OCH3 is 1. The van der Waals surface area contributed by atoms with Gasteiger partial charge in [-0.1, -0.05) is 6.58 Å². The highest BCUT2D eigenvalue weighted by molar-refractivity contribution is 5.87. The second-order valence-electron chi connectivity index (χ2n) is 2.29. The Kier molecular flexibility index (Phi) is 5.54. The lowest BCUT2D eigenvalue weighted by Crippen LogP contribution is -2.10. The number of carbonyl (C=O) groups is 2. The summed E-state index contributed by atoms with van der Waals surface area (Å²) in [6.07, 6.45) is 0.278. The third-order valence-corrected chi connectivity index (χ3v) is 1.25. The average molecular weight is 188 g/mol. The van der Waals surface area contributed by atoms with Crippen LogP contribution in [0.2, 0.25) is 0 Å². The Morgan fingerprint density at radius 2 is 2.08 bits per heavy atom. The molecule has 0 fully saturated rings. The van der Waals surface area contributed by atoms with Crippen LogP contribution in [0.5, 0.6) is 0 Å². The lowest BCUT2D eigenvalue weighted by molar-refractivity contribution is -0.142. The van der Waals surface area contributed by atoms with Crippen molar-refractivity contribution in [3.05, 3.63) is 12.2 Å². The second kappa shape index (κ2) is 6.19. The van der Waals surface area contributed by atoms with E-state index in [0.29, 0.717) is 0 Å². The molecule has 0 heterocycles. The van der Waals surface area contributed by atoms with Gasteiger partial charge < -0.3 is 14.6 Å². The monoisotopic (exact) mass is 188 g/mol. The smallest absolute Gasteiger partial charge is 0.333 e. The van der Waals surface area contributed by atoms with Gasteiger partial charge in [-0.2, -0.15) is 0 Å². The fraction of sp³-hybridized carbons (Fsp3) is 0.500. The summed E-state index contributed by atoms with van der Waals surface area (Å²) in [5, 5.41) is 8.20. The van der Waals surface area contributed by atoms with E-state index in [4.69, 9.17) is 9.84 Å². The Morgan fingerprint density at radius 3 is 2.54 bits per heavy atom. The predicted molar refractivity (Wildman–Crippen MR) is 44.2 cm³/mol. The molecule has 5 heteroatoms. The molecular formula is C8H12O5. The van der Waals surface area contributed by atoms with E-state index in [2.05, 4.69) is 11.3 Å². The fourth-order valence-corrected chi connectivity index (χ4v) is 0.601.